The summed E-state index contributed by atoms with van der Waals surface area (Å²) in [4.78, 5) is 28.7. The zero-order valence-electron chi connectivity index (χ0n) is 36.6. The van der Waals surface area contributed by atoms with Gasteiger partial charge in [0.1, 0.15) is 22.7 Å². The number of guanidine groups is 2. The number of hydrogen-bond donors (Lipinski definition) is 4. The zero-order valence-corrected chi connectivity index (χ0v) is 38.2. The summed E-state index contributed by atoms with van der Waals surface area (Å²) in [5.74, 6) is 3.85. The van der Waals surface area contributed by atoms with E-state index in [0.717, 1.165) is 70.3 Å². The molecule has 14 nitrogen and oxygen atoms in total. The van der Waals surface area contributed by atoms with Crippen LogP contribution in [-0.2, 0) is 21.1 Å². The molecule has 2 saturated carbocycles. The van der Waals surface area contributed by atoms with Gasteiger partial charge in [0.2, 0.25) is 23.4 Å². The van der Waals surface area contributed by atoms with Crippen molar-refractivity contribution < 1.29 is 29.2 Å². The molecule has 0 bridgehead atoms. The number of halogens is 1. The van der Waals surface area contributed by atoms with E-state index < -0.39 is 18.6 Å². The minimum absolute atomic E-state index is 0.198. The average molecular weight is 930 g/mol. The molecule has 4 aliphatic heterocycles. The molecule has 0 aromatic heterocycles. The molecule has 332 valence electrons. The summed E-state index contributed by atoms with van der Waals surface area (Å²) in [6, 6.07) is 26.0. The lowest BCUT2D eigenvalue weighted by atomic mass is 9.80. The molecule has 4 aromatic carbocycles. The van der Waals surface area contributed by atoms with Crippen LogP contribution in [0, 0.1) is 25.0 Å². The van der Waals surface area contributed by atoms with Gasteiger partial charge in [0.15, 0.2) is 11.4 Å². The van der Waals surface area contributed by atoms with Crippen molar-refractivity contribution in [2.75, 3.05) is 14.1 Å². The molecule has 0 amide bonds. The largest absolute Gasteiger partial charge is 0.487 e. The Hall–Kier alpha value is -5.62. The molecule has 64 heavy (non-hydrogen) atoms. The van der Waals surface area contributed by atoms with Gasteiger partial charge in [-0.05, 0) is 103 Å². The third-order valence-electron chi connectivity index (χ3n) is 13.4. The van der Waals surface area contributed by atoms with E-state index >= 15 is 0 Å². The van der Waals surface area contributed by atoms with Crippen molar-refractivity contribution in [3.63, 3.8) is 0 Å². The highest BCUT2D eigenvalue weighted by atomic mass is 79.9. The highest BCUT2D eigenvalue weighted by Crippen LogP contribution is 2.57. The average Bonchev–Trinajstić information content (AvgIpc) is 4.04. The van der Waals surface area contributed by atoms with Crippen LogP contribution in [-0.4, -0.2) is 64.5 Å². The quantitative estimate of drug-likeness (QED) is 0.115. The number of ether oxygens (including phenoxy) is 2. The minimum Gasteiger partial charge on any atom is -0.487 e. The van der Waals surface area contributed by atoms with Gasteiger partial charge in [-0.15, -0.1) is 0 Å². The molecule has 6 aliphatic rings. The molecule has 10 rings (SSSR count). The fourth-order valence-electron chi connectivity index (χ4n) is 10.2. The molecule has 6 unspecified atom stereocenters. The van der Waals surface area contributed by atoms with Crippen LogP contribution >= 0.6 is 15.9 Å². The second kappa shape index (κ2) is 17.7. The molecule has 6 atom stereocenters. The second-order valence-corrected chi connectivity index (χ2v) is 18.7. The molecule has 2 fully saturated rings. The molecule has 4 aromatic rings. The number of nitrogens with zero attached hydrogens (tertiary/aromatic N) is 6. The lowest BCUT2D eigenvalue weighted by Gasteiger charge is -2.43. The van der Waals surface area contributed by atoms with E-state index in [0.29, 0.717) is 53.4 Å². The summed E-state index contributed by atoms with van der Waals surface area (Å²) in [6.07, 6.45) is 10.2. The molecule has 16 heteroatoms. The molecule has 2 aliphatic carbocycles. The maximum absolute atomic E-state index is 8.70. The van der Waals surface area contributed by atoms with E-state index in [-0.39, 0.29) is 11.2 Å². The van der Waals surface area contributed by atoms with Crippen LogP contribution in [0.25, 0.3) is 20.8 Å². The second-order valence-electron chi connectivity index (χ2n) is 17.7. The van der Waals surface area contributed by atoms with Crippen LogP contribution in [0.15, 0.2) is 99.4 Å². The number of benzene rings is 4. The standard InChI is InChI=1S/C24H26N4O2.C17H22BrN3O2.C7H6BNO2/c1-4-16-10-11-23(14-16)15-24(27-22(25)28(3)30-24)20-13-18(8-9-21(20)29-23)17-6-5-7-19(12-17)26-2;1-3-11-6-7-16(9-11)10-17(20-15(19)21(2)23-17)13-8-12(18)4-5-14(13)22-16;1-9-7-4-2-3-6(5-7)8(10)11/h5-9,12-13,16H,4,10-11,14-15H2,1,3H3,(H2,25,27);4-5,8,11H,3,6-7,9-10H2,1-2H3,(H2,19,20);2-5,10-11H. The monoisotopic (exact) mass is 928 g/mol. The van der Waals surface area contributed by atoms with E-state index in [1.54, 1.807) is 42.4 Å². The Morgan fingerprint density at radius 2 is 1.22 bits per heavy atom. The van der Waals surface area contributed by atoms with E-state index in [9.17, 15) is 0 Å². The van der Waals surface area contributed by atoms with Crippen LogP contribution in [0.2, 0.25) is 0 Å². The number of hydrogen-bond acceptors (Lipinski definition) is 12. The van der Waals surface area contributed by atoms with Crippen LogP contribution in [0.3, 0.4) is 0 Å². The molecule has 4 heterocycles. The Morgan fingerprint density at radius 1 is 0.719 bits per heavy atom. The molecular formula is C48H54BBrN8O6. The Balaban J connectivity index is 0.000000145. The van der Waals surface area contributed by atoms with Gasteiger partial charge >= 0.3 is 7.12 Å². The van der Waals surface area contributed by atoms with Gasteiger partial charge in [-0.2, -0.15) is 0 Å². The van der Waals surface area contributed by atoms with Crippen molar-refractivity contribution in [2.45, 2.75) is 101 Å². The molecular weight excluding hydrogens is 875 g/mol. The maximum Gasteiger partial charge on any atom is 0.487 e. The smallest absolute Gasteiger partial charge is 0.487 e. The predicted molar refractivity (Wildman–Crippen MR) is 250 cm³/mol. The summed E-state index contributed by atoms with van der Waals surface area (Å²) < 4.78 is 14.1. The third kappa shape index (κ3) is 8.78. The van der Waals surface area contributed by atoms with Crippen LogP contribution in [0.5, 0.6) is 11.5 Å². The summed E-state index contributed by atoms with van der Waals surface area (Å²) in [7, 11) is 2.11. The van der Waals surface area contributed by atoms with Crippen LogP contribution < -0.4 is 26.4 Å². The first-order valence-electron chi connectivity index (χ1n) is 21.9. The number of fused-ring (bicyclic) bond motifs is 4. The Morgan fingerprint density at radius 3 is 1.70 bits per heavy atom. The zero-order chi connectivity index (χ0) is 45.4. The van der Waals surface area contributed by atoms with Crippen molar-refractivity contribution in [2.24, 2.45) is 33.3 Å². The molecule has 4 spiro atoms. The van der Waals surface area contributed by atoms with Gasteiger partial charge in [-0.3, -0.25) is 0 Å². The maximum atomic E-state index is 8.70. The Bertz CT molecular complexity index is 2570. The lowest BCUT2D eigenvalue weighted by Crippen LogP contribution is -2.47. The van der Waals surface area contributed by atoms with Crippen molar-refractivity contribution >= 4 is 51.8 Å². The topological polar surface area (TPSA) is 169 Å². The van der Waals surface area contributed by atoms with E-state index in [1.807, 2.05) is 54.6 Å². The van der Waals surface area contributed by atoms with E-state index in [1.165, 1.54) is 25.3 Å². The highest BCUT2D eigenvalue weighted by Gasteiger charge is 2.58. The molecule has 0 saturated heterocycles. The van der Waals surface area contributed by atoms with Gasteiger partial charge < -0.3 is 31.0 Å². The number of hydroxylamine groups is 4. The van der Waals surface area contributed by atoms with E-state index in [4.69, 9.17) is 63.8 Å². The van der Waals surface area contributed by atoms with Crippen molar-refractivity contribution in [3.05, 3.63) is 123 Å². The Kier molecular flexibility index (Phi) is 12.5. The third-order valence-corrected chi connectivity index (χ3v) is 13.9. The van der Waals surface area contributed by atoms with Crippen molar-refractivity contribution in [3.8, 4) is 22.6 Å². The number of aliphatic imine (C=N–C) groups is 2. The predicted octanol–water partition coefficient (Wildman–Crippen LogP) is 8.42. The Labute approximate surface area is 383 Å². The SMILES string of the molecule is CCC1CCC2(C1)CC1(N=C(N)N(C)O1)c1cc(Br)ccc1O2.[C-]#[N+]c1cccc(-c2ccc3c(c2)C2(CC4(CCC(CC)C4)O3)N=C(N)N(C)O2)c1.[C-]#[N+]c1cccc(B(O)O)c1. The summed E-state index contributed by atoms with van der Waals surface area (Å²) >= 11 is 3.54. The fourth-order valence-corrected chi connectivity index (χ4v) is 10.5. The first-order valence-corrected chi connectivity index (χ1v) is 22.6. The summed E-state index contributed by atoms with van der Waals surface area (Å²) in [6.45, 7) is 18.4. The van der Waals surface area contributed by atoms with Crippen molar-refractivity contribution in [1.29, 1.82) is 0 Å². The van der Waals surface area contributed by atoms with Gasteiger partial charge in [-0.1, -0.05) is 91.1 Å². The van der Waals surface area contributed by atoms with Gasteiger partial charge in [-0.25, -0.2) is 39.5 Å². The molecule has 0 radical (unpaired) electrons. The first kappa shape index (κ1) is 45.0. The van der Waals surface area contributed by atoms with Crippen LogP contribution in [0.1, 0.15) is 89.2 Å². The molecule has 6 N–H and O–H groups in total. The van der Waals surface area contributed by atoms with E-state index in [2.05, 4.69) is 45.5 Å². The number of nitrogens with two attached hydrogens (primary N) is 2. The lowest BCUT2D eigenvalue weighted by molar-refractivity contribution is -0.204. The minimum atomic E-state index is -1.49. The van der Waals surface area contributed by atoms with Gasteiger partial charge in [0.05, 0.1) is 24.3 Å². The normalized spacial score (nSPS) is 28.1. The summed E-state index contributed by atoms with van der Waals surface area (Å²) in [5, 5.41) is 20.5. The first-order chi connectivity index (χ1) is 30.6. The van der Waals surface area contributed by atoms with Crippen LogP contribution in [0.4, 0.5) is 11.4 Å². The summed E-state index contributed by atoms with van der Waals surface area (Å²) in [5.41, 5.74) is 15.3. The fraction of sp³-hybridized carbons (Fsp3) is 0.417. The van der Waals surface area contributed by atoms with Gasteiger partial charge in [0.25, 0.3) is 0 Å². The highest BCUT2D eigenvalue weighted by molar-refractivity contribution is 9.10. The van der Waals surface area contributed by atoms with Gasteiger partial charge in [0, 0.05) is 31.4 Å². The van der Waals surface area contributed by atoms with Crippen molar-refractivity contribution in [1.82, 2.24) is 10.1 Å². The number of rotatable bonds is 4.